The van der Waals surface area contributed by atoms with Crippen LogP contribution in [0, 0.1) is 0 Å². The predicted octanol–water partition coefficient (Wildman–Crippen LogP) is 3.72. The van der Waals surface area contributed by atoms with Crippen LogP contribution in [-0.2, 0) is 6.54 Å². The fourth-order valence-corrected chi connectivity index (χ4v) is 4.28. The Hall–Kier alpha value is -3.30. The van der Waals surface area contributed by atoms with Gasteiger partial charge < -0.3 is 24.8 Å². The van der Waals surface area contributed by atoms with Crippen molar-refractivity contribution in [1.29, 1.82) is 0 Å². The molecule has 9 heteroatoms. The van der Waals surface area contributed by atoms with E-state index in [1.807, 2.05) is 30.8 Å². The number of nitrogens with one attached hydrogen (secondary N) is 3. The second kappa shape index (κ2) is 9.46. The minimum Gasteiger partial charge on any atom is -0.369 e. The summed E-state index contributed by atoms with van der Waals surface area (Å²) in [7, 11) is 0. The number of fused-ring (bicyclic) bond motifs is 1. The van der Waals surface area contributed by atoms with Crippen LogP contribution < -0.4 is 20.3 Å². The largest absolute Gasteiger partial charge is 0.369 e. The van der Waals surface area contributed by atoms with Crippen molar-refractivity contribution in [2.75, 3.05) is 47.4 Å². The van der Waals surface area contributed by atoms with E-state index in [9.17, 15) is 0 Å². The first-order chi connectivity index (χ1) is 15.8. The molecule has 5 rings (SSSR count). The Bertz CT molecular complexity index is 1180. The van der Waals surface area contributed by atoms with Crippen molar-refractivity contribution >= 4 is 46.1 Å². The standard InChI is InChI=1S/C23H26N8S/c1-32-29-21-18(3-2-9-25-21)16-31-12-8-17-15-26-23(28-22(17)31)27-19-4-6-20(7-5-19)30-13-10-24-11-14-30/h2-9,12,15,24H,10-11,13-14,16H2,1H3,(H,25,29)(H,26,27,28). The number of rotatable bonds is 7. The first-order valence-corrected chi connectivity index (χ1v) is 11.9. The number of pyridine rings is 1. The molecule has 1 fully saturated rings. The molecular formula is C23H26N8S. The van der Waals surface area contributed by atoms with E-state index in [0.29, 0.717) is 12.5 Å². The molecule has 4 heterocycles. The van der Waals surface area contributed by atoms with E-state index in [4.69, 9.17) is 4.98 Å². The first kappa shape index (κ1) is 20.6. The summed E-state index contributed by atoms with van der Waals surface area (Å²) in [5.74, 6) is 1.46. The average Bonchev–Trinajstić information content (AvgIpc) is 3.23. The highest BCUT2D eigenvalue weighted by molar-refractivity contribution is 7.99. The molecule has 8 nitrogen and oxygen atoms in total. The lowest BCUT2D eigenvalue weighted by Gasteiger charge is -2.29. The topological polar surface area (TPSA) is 82.9 Å². The molecule has 0 radical (unpaired) electrons. The summed E-state index contributed by atoms with van der Waals surface area (Å²) < 4.78 is 5.37. The number of aromatic nitrogens is 4. The SMILES string of the molecule is CSNc1ncccc1Cn1ccc2cnc(Nc3ccc(N4CCNCC4)cc3)nc21. The van der Waals surface area contributed by atoms with Gasteiger partial charge in [0.25, 0.3) is 0 Å². The van der Waals surface area contributed by atoms with Gasteiger partial charge in [-0.3, -0.25) is 0 Å². The molecule has 3 aromatic heterocycles. The third-order valence-electron chi connectivity index (χ3n) is 5.54. The van der Waals surface area contributed by atoms with Crippen LogP contribution in [0.15, 0.2) is 61.1 Å². The normalized spacial score (nSPS) is 14.0. The molecule has 4 aromatic rings. The monoisotopic (exact) mass is 446 g/mol. The minimum absolute atomic E-state index is 0.584. The highest BCUT2D eigenvalue weighted by Crippen LogP contribution is 2.23. The molecule has 0 aliphatic carbocycles. The van der Waals surface area contributed by atoms with E-state index >= 15 is 0 Å². The molecule has 0 bridgehead atoms. The summed E-state index contributed by atoms with van der Waals surface area (Å²) in [6.07, 6.45) is 7.69. The summed E-state index contributed by atoms with van der Waals surface area (Å²) in [5, 5.41) is 7.74. The molecular weight excluding hydrogens is 420 g/mol. The van der Waals surface area contributed by atoms with Crippen LogP contribution in [0.3, 0.4) is 0 Å². The second-order valence-electron chi connectivity index (χ2n) is 7.64. The maximum Gasteiger partial charge on any atom is 0.229 e. The molecule has 0 amide bonds. The van der Waals surface area contributed by atoms with Crippen molar-refractivity contribution in [1.82, 2.24) is 24.8 Å². The van der Waals surface area contributed by atoms with E-state index in [-0.39, 0.29) is 0 Å². The Labute approximate surface area is 191 Å². The van der Waals surface area contributed by atoms with Crippen LogP contribution in [0.1, 0.15) is 5.56 Å². The predicted molar refractivity (Wildman–Crippen MR) is 133 cm³/mol. The first-order valence-electron chi connectivity index (χ1n) is 10.7. The number of nitrogens with zero attached hydrogens (tertiary/aromatic N) is 5. The summed E-state index contributed by atoms with van der Waals surface area (Å²) in [5.41, 5.74) is 4.21. The van der Waals surface area contributed by atoms with Gasteiger partial charge in [0, 0.05) is 73.3 Å². The average molecular weight is 447 g/mol. The van der Waals surface area contributed by atoms with Crippen LogP contribution in [0.25, 0.3) is 11.0 Å². The Morgan fingerprint density at radius 2 is 1.91 bits per heavy atom. The van der Waals surface area contributed by atoms with Gasteiger partial charge in [-0.2, -0.15) is 4.98 Å². The van der Waals surface area contributed by atoms with Crippen LogP contribution in [0.5, 0.6) is 0 Å². The second-order valence-corrected chi connectivity index (χ2v) is 8.25. The van der Waals surface area contributed by atoms with Gasteiger partial charge in [-0.25, -0.2) is 9.97 Å². The van der Waals surface area contributed by atoms with Crippen molar-refractivity contribution < 1.29 is 0 Å². The molecule has 3 N–H and O–H groups in total. The zero-order valence-corrected chi connectivity index (χ0v) is 18.8. The Kier molecular flexibility index (Phi) is 6.09. The number of hydrogen-bond donors (Lipinski definition) is 3. The maximum absolute atomic E-state index is 4.79. The van der Waals surface area contributed by atoms with Crippen LogP contribution in [-0.4, -0.2) is 52.0 Å². The highest BCUT2D eigenvalue weighted by Gasteiger charge is 2.11. The lowest BCUT2D eigenvalue weighted by molar-refractivity contribution is 0.589. The summed E-state index contributed by atoms with van der Waals surface area (Å²) in [6.45, 7) is 4.81. The van der Waals surface area contributed by atoms with Crippen LogP contribution in [0.4, 0.5) is 23.1 Å². The van der Waals surface area contributed by atoms with Crippen LogP contribution in [0.2, 0.25) is 0 Å². The third-order valence-corrected chi connectivity index (χ3v) is 5.94. The van der Waals surface area contributed by atoms with Crippen molar-refractivity contribution in [2.24, 2.45) is 0 Å². The van der Waals surface area contributed by atoms with Gasteiger partial charge in [-0.05, 0) is 36.4 Å². The van der Waals surface area contributed by atoms with Gasteiger partial charge >= 0.3 is 0 Å². The zero-order valence-electron chi connectivity index (χ0n) is 18.0. The lowest BCUT2D eigenvalue weighted by atomic mass is 10.2. The fourth-order valence-electron chi connectivity index (χ4n) is 3.90. The highest BCUT2D eigenvalue weighted by atomic mass is 32.2. The molecule has 1 aliphatic rings. The molecule has 0 atom stereocenters. The van der Waals surface area contributed by atoms with Gasteiger partial charge in [0.1, 0.15) is 11.5 Å². The Morgan fingerprint density at radius 3 is 2.72 bits per heavy atom. The molecule has 164 valence electrons. The fraction of sp³-hybridized carbons (Fsp3) is 0.261. The van der Waals surface area contributed by atoms with Gasteiger partial charge in [-0.15, -0.1) is 0 Å². The molecule has 1 saturated heterocycles. The van der Waals surface area contributed by atoms with Crippen molar-refractivity contribution in [2.45, 2.75) is 6.54 Å². The molecule has 0 saturated carbocycles. The maximum atomic E-state index is 4.79. The number of piperazine rings is 1. The van der Waals surface area contributed by atoms with Gasteiger partial charge in [0.05, 0.1) is 6.54 Å². The summed E-state index contributed by atoms with van der Waals surface area (Å²) >= 11 is 1.54. The Morgan fingerprint density at radius 1 is 1.06 bits per heavy atom. The van der Waals surface area contributed by atoms with Crippen LogP contribution >= 0.6 is 11.9 Å². The van der Waals surface area contributed by atoms with E-state index in [1.54, 1.807) is 6.20 Å². The molecule has 32 heavy (non-hydrogen) atoms. The van der Waals surface area contributed by atoms with Gasteiger partial charge in [0.15, 0.2) is 0 Å². The lowest BCUT2D eigenvalue weighted by Crippen LogP contribution is -2.43. The van der Waals surface area contributed by atoms with E-state index in [2.05, 4.69) is 65.1 Å². The summed E-state index contributed by atoms with van der Waals surface area (Å²) in [6, 6.07) is 14.5. The van der Waals surface area contributed by atoms with Crippen molar-refractivity contribution in [3.8, 4) is 0 Å². The van der Waals surface area contributed by atoms with E-state index < -0.39 is 0 Å². The molecule has 1 aromatic carbocycles. The van der Waals surface area contributed by atoms with Gasteiger partial charge in [-0.1, -0.05) is 18.0 Å². The molecule has 1 aliphatic heterocycles. The summed E-state index contributed by atoms with van der Waals surface area (Å²) in [4.78, 5) is 16.1. The molecule has 0 unspecified atom stereocenters. The molecule has 0 spiro atoms. The van der Waals surface area contributed by atoms with Gasteiger partial charge in [0.2, 0.25) is 5.95 Å². The number of anilines is 4. The number of benzene rings is 1. The smallest absolute Gasteiger partial charge is 0.229 e. The number of hydrogen-bond acceptors (Lipinski definition) is 8. The van der Waals surface area contributed by atoms with E-state index in [0.717, 1.165) is 54.3 Å². The Balaban J connectivity index is 1.35. The minimum atomic E-state index is 0.584. The van der Waals surface area contributed by atoms with Crippen molar-refractivity contribution in [3.05, 3.63) is 66.6 Å². The van der Waals surface area contributed by atoms with E-state index in [1.165, 1.54) is 17.6 Å². The zero-order chi connectivity index (χ0) is 21.8. The third kappa shape index (κ3) is 4.49. The van der Waals surface area contributed by atoms with Crippen molar-refractivity contribution in [3.63, 3.8) is 0 Å². The quantitative estimate of drug-likeness (QED) is 0.371.